The van der Waals surface area contributed by atoms with E-state index in [1.165, 1.54) is 6.42 Å². The third-order valence-electron chi connectivity index (χ3n) is 4.83. The summed E-state index contributed by atoms with van der Waals surface area (Å²) >= 11 is 0. The zero-order valence-electron chi connectivity index (χ0n) is 12.9. The maximum Gasteiger partial charge on any atom is 0.240 e. The second kappa shape index (κ2) is 6.41. The maximum absolute atomic E-state index is 12.5. The molecule has 1 aliphatic carbocycles. The Hall–Kier alpha value is -0.650. The molecule has 3 N–H and O–H groups in total. The minimum Gasteiger partial charge on any atom is -0.388 e. The predicted molar refractivity (Wildman–Crippen MR) is 79.6 cm³/mol. The molecule has 0 bridgehead atoms. The van der Waals surface area contributed by atoms with Gasteiger partial charge in [-0.15, -0.1) is 0 Å². The van der Waals surface area contributed by atoms with Gasteiger partial charge in [0.05, 0.1) is 11.1 Å². The van der Waals surface area contributed by atoms with E-state index < -0.39 is 11.1 Å². The van der Waals surface area contributed by atoms with E-state index in [9.17, 15) is 9.90 Å². The number of nitrogens with one attached hydrogen (secondary N) is 2. The molecule has 5 heteroatoms. The molecule has 1 heterocycles. The minimum atomic E-state index is -0.687. The Morgan fingerprint density at radius 1 is 1.25 bits per heavy atom. The summed E-state index contributed by atoms with van der Waals surface area (Å²) in [5, 5.41) is 16.7. The average Bonchev–Trinajstić information content (AvgIpc) is 2.46. The molecule has 1 amide bonds. The van der Waals surface area contributed by atoms with Crippen LogP contribution >= 0.6 is 0 Å². The highest BCUT2D eigenvalue weighted by Crippen LogP contribution is 2.27. The van der Waals surface area contributed by atoms with E-state index in [4.69, 9.17) is 0 Å². The van der Waals surface area contributed by atoms with Gasteiger partial charge in [0.2, 0.25) is 5.91 Å². The Balaban J connectivity index is 1.86. The first-order valence-electron chi connectivity index (χ1n) is 7.91. The van der Waals surface area contributed by atoms with Crippen LogP contribution < -0.4 is 10.6 Å². The van der Waals surface area contributed by atoms with Crippen LogP contribution in [0.1, 0.15) is 46.0 Å². The van der Waals surface area contributed by atoms with Crippen molar-refractivity contribution in [2.45, 2.75) is 57.1 Å². The Morgan fingerprint density at radius 3 is 2.45 bits per heavy atom. The number of amides is 1. The Bertz CT molecular complexity index is 332. The third-order valence-corrected chi connectivity index (χ3v) is 4.83. The van der Waals surface area contributed by atoms with E-state index in [1.807, 2.05) is 13.8 Å². The van der Waals surface area contributed by atoms with Gasteiger partial charge in [0.15, 0.2) is 0 Å². The summed E-state index contributed by atoms with van der Waals surface area (Å²) in [6, 6.07) is 0. The minimum absolute atomic E-state index is 0.0263. The van der Waals surface area contributed by atoms with Crippen molar-refractivity contribution >= 4 is 5.91 Å². The van der Waals surface area contributed by atoms with Crippen LogP contribution in [0.3, 0.4) is 0 Å². The van der Waals surface area contributed by atoms with Crippen LogP contribution in [0, 0.1) is 0 Å². The number of hydrogen-bond acceptors (Lipinski definition) is 4. The number of piperazine rings is 1. The van der Waals surface area contributed by atoms with Crippen molar-refractivity contribution in [3.8, 4) is 0 Å². The first-order chi connectivity index (χ1) is 9.44. The molecular weight excluding hydrogens is 254 g/mol. The van der Waals surface area contributed by atoms with Crippen molar-refractivity contribution in [2.75, 3.05) is 32.7 Å². The molecule has 2 fully saturated rings. The number of aliphatic hydroxyl groups is 1. The van der Waals surface area contributed by atoms with Crippen molar-refractivity contribution < 1.29 is 9.90 Å². The first-order valence-corrected chi connectivity index (χ1v) is 7.91. The van der Waals surface area contributed by atoms with Gasteiger partial charge in [-0.25, -0.2) is 0 Å². The number of rotatable bonds is 4. The zero-order valence-corrected chi connectivity index (χ0v) is 12.9. The Kier molecular flexibility index (Phi) is 5.04. The topological polar surface area (TPSA) is 64.6 Å². The standard InChI is InChI=1S/C15H29N3O2/c1-14(2,18-10-8-16-9-11-18)13(19)17-12-15(20)6-4-3-5-7-15/h16,20H,3-12H2,1-2H3,(H,17,19). The van der Waals surface area contributed by atoms with Gasteiger partial charge in [-0.2, -0.15) is 0 Å². The summed E-state index contributed by atoms with van der Waals surface area (Å²) < 4.78 is 0. The molecule has 0 atom stereocenters. The van der Waals surface area contributed by atoms with E-state index in [-0.39, 0.29) is 5.91 Å². The normalized spacial score (nSPS) is 24.4. The van der Waals surface area contributed by atoms with E-state index in [0.717, 1.165) is 51.9 Å². The van der Waals surface area contributed by atoms with Gasteiger partial charge in [0.25, 0.3) is 0 Å². The second-order valence-electron chi connectivity index (χ2n) is 6.76. The van der Waals surface area contributed by atoms with Crippen LogP contribution in [0.25, 0.3) is 0 Å². The average molecular weight is 283 g/mol. The quantitative estimate of drug-likeness (QED) is 0.702. The van der Waals surface area contributed by atoms with Gasteiger partial charge >= 0.3 is 0 Å². The van der Waals surface area contributed by atoms with Gasteiger partial charge in [-0.05, 0) is 26.7 Å². The molecule has 116 valence electrons. The molecule has 20 heavy (non-hydrogen) atoms. The largest absolute Gasteiger partial charge is 0.388 e. The molecule has 0 spiro atoms. The number of carbonyl (C=O) groups excluding carboxylic acids is 1. The van der Waals surface area contributed by atoms with E-state index in [1.54, 1.807) is 0 Å². The number of nitrogens with zero attached hydrogens (tertiary/aromatic N) is 1. The lowest BCUT2D eigenvalue weighted by atomic mass is 9.84. The van der Waals surface area contributed by atoms with E-state index in [0.29, 0.717) is 6.54 Å². The highest BCUT2D eigenvalue weighted by atomic mass is 16.3. The smallest absolute Gasteiger partial charge is 0.240 e. The molecule has 0 unspecified atom stereocenters. The first kappa shape index (κ1) is 15.7. The molecule has 2 rings (SSSR count). The van der Waals surface area contributed by atoms with Crippen LogP contribution in [0.4, 0.5) is 0 Å². The van der Waals surface area contributed by atoms with Gasteiger partial charge < -0.3 is 15.7 Å². The molecule has 0 radical (unpaired) electrons. The van der Waals surface area contributed by atoms with E-state index >= 15 is 0 Å². The lowest BCUT2D eigenvalue weighted by Crippen LogP contribution is -2.61. The van der Waals surface area contributed by atoms with Crippen LogP contribution in [0.2, 0.25) is 0 Å². The monoisotopic (exact) mass is 283 g/mol. The summed E-state index contributed by atoms with van der Waals surface area (Å²) in [6.45, 7) is 7.98. The Labute approximate surface area is 122 Å². The molecule has 1 saturated heterocycles. The van der Waals surface area contributed by atoms with Gasteiger partial charge in [0, 0.05) is 32.7 Å². The summed E-state index contributed by atoms with van der Waals surface area (Å²) in [4.78, 5) is 14.7. The zero-order chi connectivity index (χ0) is 14.6. The summed E-state index contributed by atoms with van der Waals surface area (Å²) in [5.41, 5.74) is -1.19. The SMILES string of the molecule is CC(C)(C(=O)NCC1(O)CCCCC1)N1CCNCC1. The molecule has 0 aromatic heterocycles. The van der Waals surface area contributed by atoms with Crippen LogP contribution in [-0.2, 0) is 4.79 Å². The number of carbonyl (C=O) groups is 1. The van der Waals surface area contributed by atoms with Gasteiger partial charge in [-0.3, -0.25) is 9.69 Å². The lowest BCUT2D eigenvalue weighted by molar-refractivity contribution is -0.133. The number of hydrogen-bond donors (Lipinski definition) is 3. The molecule has 1 saturated carbocycles. The van der Waals surface area contributed by atoms with Crippen molar-refractivity contribution in [1.29, 1.82) is 0 Å². The molecule has 5 nitrogen and oxygen atoms in total. The molecular formula is C15H29N3O2. The van der Waals surface area contributed by atoms with Crippen molar-refractivity contribution in [3.63, 3.8) is 0 Å². The van der Waals surface area contributed by atoms with Crippen LogP contribution in [0.15, 0.2) is 0 Å². The molecule has 2 aliphatic rings. The van der Waals surface area contributed by atoms with Crippen molar-refractivity contribution in [1.82, 2.24) is 15.5 Å². The molecule has 0 aromatic carbocycles. The molecule has 1 aliphatic heterocycles. The van der Waals surface area contributed by atoms with Gasteiger partial charge in [0.1, 0.15) is 0 Å². The highest BCUT2D eigenvalue weighted by molar-refractivity contribution is 5.85. The Morgan fingerprint density at radius 2 is 1.85 bits per heavy atom. The fourth-order valence-corrected chi connectivity index (χ4v) is 3.22. The van der Waals surface area contributed by atoms with E-state index in [2.05, 4.69) is 15.5 Å². The second-order valence-corrected chi connectivity index (χ2v) is 6.76. The fraction of sp³-hybridized carbons (Fsp3) is 0.933. The fourth-order valence-electron chi connectivity index (χ4n) is 3.22. The van der Waals surface area contributed by atoms with Crippen molar-refractivity contribution in [3.05, 3.63) is 0 Å². The predicted octanol–water partition coefficient (Wildman–Crippen LogP) is 0.482. The molecule has 0 aromatic rings. The summed E-state index contributed by atoms with van der Waals surface area (Å²) in [6.07, 6.45) is 4.94. The van der Waals surface area contributed by atoms with Crippen LogP contribution in [-0.4, -0.2) is 59.8 Å². The summed E-state index contributed by atoms with van der Waals surface area (Å²) in [5.74, 6) is 0.0263. The van der Waals surface area contributed by atoms with Gasteiger partial charge in [-0.1, -0.05) is 19.3 Å². The maximum atomic E-state index is 12.5. The summed E-state index contributed by atoms with van der Waals surface area (Å²) in [7, 11) is 0. The van der Waals surface area contributed by atoms with Crippen LogP contribution in [0.5, 0.6) is 0 Å². The van der Waals surface area contributed by atoms with Crippen molar-refractivity contribution in [2.24, 2.45) is 0 Å². The lowest BCUT2D eigenvalue weighted by Gasteiger charge is -2.40. The highest BCUT2D eigenvalue weighted by Gasteiger charge is 2.37. The third kappa shape index (κ3) is 3.71.